The van der Waals surface area contributed by atoms with E-state index in [2.05, 4.69) is 10.6 Å². The van der Waals surface area contributed by atoms with Gasteiger partial charge in [-0.05, 0) is 60.9 Å². The van der Waals surface area contributed by atoms with E-state index in [9.17, 15) is 22.8 Å². The van der Waals surface area contributed by atoms with Crippen LogP contribution in [0, 0.1) is 0 Å². The van der Waals surface area contributed by atoms with Gasteiger partial charge in [-0.3, -0.25) is 19.3 Å². The number of hydrogen-bond acceptors (Lipinski definition) is 5. The van der Waals surface area contributed by atoms with Gasteiger partial charge in [0.1, 0.15) is 6.04 Å². The Morgan fingerprint density at radius 3 is 2.09 bits per heavy atom. The summed E-state index contributed by atoms with van der Waals surface area (Å²) < 4.78 is 27.7. The largest absolute Gasteiger partial charge is 0.326 e. The fourth-order valence-corrected chi connectivity index (χ4v) is 6.08. The molecular weight excluding hydrogens is 456 g/mol. The van der Waals surface area contributed by atoms with E-state index in [0.717, 1.165) is 19.3 Å². The van der Waals surface area contributed by atoms with E-state index in [1.807, 2.05) is 0 Å². The van der Waals surface area contributed by atoms with Gasteiger partial charge in [0, 0.05) is 50.4 Å². The van der Waals surface area contributed by atoms with Crippen LogP contribution >= 0.6 is 0 Å². The number of carbonyl (C=O) groups excluding carboxylic acids is 3. The Labute approximate surface area is 199 Å². The van der Waals surface area contributed by atoms with Crippen molar-refractivity contribution in [2.75, 3.05) is 28.6 Å². The zero-order valence-corrected chi connectivity index (χ0v) is 20.0. The van der Waals surface area contributed by atoms with Crippen molar-refractivity contribution in [2.24, 2.45) is 0 Å². The first-order chi connectivity index (χ1) is 16.2. The van der Waals surface area contributed by atoms with Crippen molar-refractivity contribution in [1.29, 1.82) is 0 Å². The number of nitrogens with one attached hydrogen (secondary N) is 2. The number of amides is 3. The van der Waals surface area contributed by atoms with Crippen LogP contribution in [0.3, 0.4) is 0 Å². The summed E-state index contributed by atoms with van der Waals surface area (Å²) in [5.74, 6) is -0.870. The second kappa shape index (κ2) is 9.55. The maximum Gasteiger partial charge on any atom is 0.247 e. The monoisotopic (exact) mass is 484 g/mol. The van der Waals surface area contributed by atoms with Crippen LogP contribution in [0.25, 0.3) is 0 Å². The molecule has 2 aromatic rings. The van der Waals surface area contributed by atoms with Crippen molar-refractivity contribution in [3.05, 3.63) is 48.0 Å². The van der Waals surface area contributed by atoms with Gasteiger partial charge in [-0.15, -0.1) is 0 Å². The summed E-state index contributed by atoms with van der Waals surface area (Å²) in [5.41, 5.74) is 2.32. The fraction of sp³-hybridized carbons (Fsp3) is 0.375. The lowest BCUT2D eigenvalue weighted by molar-refractivity contribution is -0.122. The summed E-state index contributed by atoms with van der Waals surface area (Å²) in [5, 5.41) is 5.47. The number of rotatable bonds is 5. The molecule has 1 unspecified atom stereocenters. The van der Waals surface area contributed by atoms with Crippen LogP contribution in [0.5, 0.6) is 0 Å². The molecule has 1 saturated heterocycles. The summed E-state index contributed by atoms with van der Waals surface area (Å²) in [6.07, 6.45) is 2.93. The molecule has 180 valence electrons. The number of benzene rings is 2. The van der Waals surface area contributed by atoms with E-state index < -0.39 is 16.1 Å². The lowest BCUT2D eigenvalue weighted by Gasteiger charge is -2.26. The fourth-order valence-electron chi connectivity index (χ4n) is 4.51. The molecule has 2 heterocycles. The van der Waals surface area contributed by atoms with Crippen LogP contribution in [0.2, 0.25) is 0 Å². The normalized spacial score (nSPS) is 18.3. The zero-order valence-electron chi connectivity index (χ0n) is 19.2. The van der Waals surface area contributed by atoms with Gasteiger partial charge in [0.15, 0.2) is 0 Å². The Balaban J connectivity index is 1.54. The number of piperidine rings is 1. The molecule has 0 aromatic heterocycles. The van der Waals surface area contributed by atoms with Crippen LogP contribution in [-0.2, 0) is 30.8 Å². The molecule has 2 aliphatic heterocycles. The minimum absolute atomic E-state index is 0.186. The molecule has 1 fully saturated rings. The Bertz CT molecular complexity index is 1220. The van der Waals surface area contributed by atoms with Gasteiger partial charge in [0.25, 0.3) is 0 Å². The van der Waals surface area contributed by atoms with Gasteiger partial charge in [-0.2, -0.15) is 4.31 Å². The van der Waals surface area contributed by atoms with E-state index in [-0.39, 0.29) is 29.0 Å². The SMILES string of the molecule is CC(=O)Nc1ccc(NC(=O)C2Cc3cc(S(=O)(=O)N4CCCCC4)ccc3N2C(C)=O)cc1. The van der Waals surface area contributed by atoms with E-state index in [4.69, 9.17) is 0 Å². The summed E-state index contributed by atoms with van der Waals surface area (Å²) in [4.78, 5) is 38.3. The molecule has 0 spiro atoms. The second-order valence-corrected chi connectivity index (χ2v) is 10.5. The molecular formula is C24H28N4O5S. The molecule has 2 aromatic carbocycles. The lowest BCUT2D eigenvalue weighted by Crippen LogP contribution is -2.44. The van der Waals surface area contributed by atoms with Crippen molar-refractivity contribution in [2.45, 2.75) is 50.5 Å². The molecule has 4 rings (SSSR count). The predicted octanol–water partition coefficient (Wildman–Crippen LogP) is 2.74. The van der Waals surface area contributed by atoms with Gasteiger partial charge in [-0.25, -0.2) is 8.42 Å². The van der Waals surface area contributed by atoms with Crippen LogP contribution in [0.4, 0.5) is 17.1 Å². The van der Waals surface area contributed by atoms with Gasteiger partial charge in [0.2, 0.25) is 27.7 Å². The maximum absolute atomic E-state index is 13.1. The summed E-state index contributed by atoms with van der Waals surface area (Å²) in [6, 6.07) is 10.6. The van der Waals surface area contributed by atoms with Crippen molar-refractivity contribution in [3.63, 3.8) is 0 Å². The van der Waals surface area contributed by atoms with Crippen LogP contribution in [0.1, 0.15) is 38.7 Å². The van der Waals surface area contributed by atoms with Gasteiger partial charge < -0.3 is 10.6 Å². The number of fused-ring (bicyclic) bond motifs is 1. The van der Waals surface area contributed by atoms with Crippen molar-refractivity contribution in [1.82, 2.24) is 4.31 Å². The first kappa shape index (κ1) is 23.9. The number of sulfonamides is 1. The average molecular weight is 485 g/mol. The number of hydrogen-bond donors (Lipinski definition) is 2. The highest BCUT2D eigenvalue weighted by Crippen LogP contribution is 2.35. The average Bonchev–Trinajstić information content (AvgIpc) is 3.20. The summed E-state index contributed by atoms with van der Waals surface area (Å²) >= 11 is 0. The molecule has 34 heavy (non-hydrogen) atoms. The van der Waals surface area contributed by atoms with Crippen LogP contribution in [-0.4, -0.2) is 49.6 Å². The first-order valence-corrected chi connectivity index (χ1v) is 12.7. The highest BCUT2D eigenvalue weighted by molar-refractivity contribution is 7.89. The smallest absolute Gasteiger partial charge is 0.247 e. The second-order valence-electron chi connectivity index (χ2n) is 8.61. The summed E-state index contributed by atoms with van der Waals surface area (Å²) in [7, 11) is -3.62. The van der Waals surface area contributed by atoms with Gasteiger partial charge >= 0.3 is 0 Å². The molecule has 0 bridgehead atoms. The Hall–Kier alpha value is -3.24. The number of nitrogens with zero attached hydrogens (tertiary/aromatic N) is 2. The quantitative estimate of drug-likeness (QED) is 0.677. The molecule has 0 radical (unpaired) electrons. The van der Waals surface area contributed by atoms with E-state index >= 15 is 0 Å². The van der Waals surface area contributed by atoms with Crippen molar-refractivity contribution < 1.29 is 22.8 Å². The molecule has 0 saturated carbocycles. The minimum atomic E-state index is -3.62. The van der Waals surface area contributed by atoms with Gasteiger partial charge in [-0.1, -0.05) is 6.42 Å². The number of anilines is 3. The molecule has 10 heteroatoms. The predicted molar refractivity (Wildman–Crippen MR) is 129 cm³/mol. The zero-order chi connectivity index (χ0) is 24.5. The summed E-state index contributed by atoms with van der Waals surface area (Å²) in [6.45, 7) is 3.80. The third-order valence-corrected chi connectivity index (χ3v) is 8.00. The van der Waals surface area contributed by atoms with Crippen molar-refractivity contribution >= 4 is 44.8 Å². The van der Waals surface area contributed by atoms with Crippen LogP contribution in [0.15, 0.2) is 47.4 Å². The number of carbonyl (C=O) groups is 3. The van der Waals surface area contributed by atoms with Crippen LogP contribution < -0.4 is 15.5 Å². The Kier molecular flexibility index (Phi) is 6.72. The standard InChI is InChI=1S/C24H28N4O5S/c1-16(29)25-19-6-8-20(9-7-19)26-24(31)23-15-18-14-21(10-11-22(18)28(23)17(2)30)34(32,33)27-12-4-3-5-13-27/h6-11,14,23H,3-5,12-13,15H2,1-2H3,(H,25,29)(H,26,31). The molecule has 1 atom stereocenters. The lowest BCUT2D eigenvalue weighted by atomic mass is 10.1. The Morgan fingerprint density at radius 2 is 1.50 bits per heavy atom. The van der Waals surface area contributed by atoms with Crippen molar-refractivity contribution in [3.8, 4) is 0 Å². The third-order valence-electron chi connectivity index (χ3n) is 6.10. The minimum Gasteiger partial charge on any atom is -0.326 e. The van der Waals surface area contributed by atoms with E-state index in [1.165, 1.54) is 29.1 Å². The molecule has 0 aliphatic carbocycles. The Morgan fingerprint density at radius 1 is 0.882 bits per heavy atom. The molecule has 2 N–H and O–H groups in total. The van der Waals surface area contributed by atoms with E-state index in [1.54, 1.807) is 36.4 Å². The molecule has 9 nitrogen and oxygen atoms in total. The molecule has 3 amide bonds. The topological polar surface area (TPSA) is 116 Å². The molecule has 2 aliphatic rings. The van der Waals surface area contributed by atoms with Gasteiger partial charge in [0.05, 0.1) is 4.90 Å². The first-order valence-electron chi connectivity index (χ1n) is 11.3. The van der Waals surface area contributed by atoms with E-state index in [0.29, 0.717) is 35.7 Å². The highest BCUT2D eigenvalue weighted by Gasteiger charge is 2.38. The highest BCUT2D eigenvalue weighted by atomic mass is 32.2. The maximum atomic E-state index is 13.1. The third kappa shape index (κ3) is 4.83.